The Kier molecular flexibility index (Phi) is 3.84. The van der Waals surface area contributed by atoms with Gasteiger partial charge in [-0.25, -0.2) is 9.37 Å². The molecule has 2 aromatic rings. The van der Waals surface area contributed by atoms with Crippen LogP contribution < -0.4 is 5.32 Å². The maximum Gasteiger partial charge on any atom is 0.307 e. The molecule has 5 nitrogen and oxygen atoms in total. The van der Waals surface area contributed by atoms with Crippen LogP contribution in [0.4, 0.5) is 4.39 Å². The van der Waals surface area contributed by atoms with Crippen molar-refractivity contribution in [1.29, 1.82) is 0 Å². The summed E-state index contributed by atoms with van der Waals surface area (Å²) < 4.78 is 18.8. The number of fused-ring (bicyclic) bond motifs is 3. The summed E-state index contributed by atoms with van der Waals surface area (Å²) in [6.45, 7) is 4.24. The summed E-state index contributed by atoms with van der Waals surface area (Å²) in [6.07, 6.45) is 3.70. The van der Waals surface area contributed by atoms with Gasteiger partial charge in [0.1, 0.15) is 5.82 Å². The van der Waals surface area contributed by atoms with E-state index in [1.807, 2.05) is 0 Å². The van der Waals surface area contributed by atoms with Crippen molar-refractivity contribution in [2.45, 2.75) is 31.8 Å². The minimum atomic E-state index is -0.351. The Balaban J connectivity index is 1.46. The predicted octanol–water partition coefficient (Wildman–Crippen LogP) is 2.69. The van der Waals surface area contributed by atoms with E-state index in [1.54, 1.807) is 12.1 Å². The number of oxazole rings is 1. The minimum absolute atomic E-state index is 0.0266. The molecular weight excluding hydrogens is 309 g/mol. The lowest BCUT2D eigenvalue weighted by atomic mass is 9.80. The lowest BCUT2D eigenvalue weighted by Crippen LogP contribution is -2.60. The summed E-state index contributed by atoms with van der Waals surface area (Å²) in [6, 6.07) is 6.78. The maximum absolute atomic E-state index is 13.3. The number of piperidine rings is 3. The van der Waals surface area contributed by atoms with Crippen molar-refractivity contribution in [2.75, 3.05) is 13.1 Å². The first-order valence-electron chi connectivity index (χ1n) is 8.37. The number of hydrogen-bond acceptors (Lipinski definition) is 4. The van der Waals surface area contributed by atoms with Crippen LogP contribution in [-0.4, -0.2) is 41.0 Å². The molecule has 0 aliphatic carbocycles. The molecule has 3 aliphatic rings. The molecule has 4 heterocycles. The molecule has 24 heavy (non-hydrogen) atoms. The third-order valence-electron chi connectivity index (χ3n) is 5.18. The van der Waals surface area contributed by atoms with Gasteiger partial charge >= 0.3 is 5.91 Å². The lowest BCUT2D eigenvalue weighted by Gasteiger charge is -2.48. The number of benzene rings is 1. The summed E-state index contributed by atoms with van der Waals surface area (Å²) in [5.74, 6) is 0.285. The van der Waals surface area contributed by atoms with E-state index in [-0.39, 0.29) is 23.7 Å². The van der Waals surface area contributed by atoms with Crippen LogP contribution >= 0.6 is 0 Å². The quantitative estimate of drug-likeness (QED) is 0.941. The summed E-state index contributed by atoms with van der Waals surface area (Å²) in [7, 11) is 0. The highest BCUT2D eigenvalue weighted by atomic mass is 19.1. The molecule has 0 spiro atoms. The number of carbonyl (C=O) groups excluding carboxylic acids is 1. The molecule has 5 rings (SSSR count). The Morgan fingerprint density at radius 2 is 2.33 bits per heavy atom. The van der Waals surface area contributed by atoms with Crippen LogP contribution in [0.1, 0.15) is 30.5 Å². The second-order valence-electron chi connectivity index (χ2n) is 6.75. The smallest absolute Gasteiger partial charge is 0.307 e. The molecule has 0 radical (unpaired) electrons. The van der Waals surface area contributed by atoms with E-state index in [1.165, 1.54) is 18.3 Å². The van der Waals surface area contributed by atoms with E-state index in [2.05, 4.69) is 22.1 Å². The number of rotatable bonds is 3. The van der Waals surface area contributed by atoms with E-state index < -0.39 is 0 Å². The van der Waals surface area contributed by atoms with Gasteiger partial charge < -0.3 is 9.73 Å². The lowest BCUT2D eigenvalue weighted by molar-refractivity contribution is 0.0267. The number of halogens is 1. The average molecular weight is 329 g/mol. The molecule has 3 unspecified atom stereocenters. The van der Waals surface area contributed by atoms with Crippen molar-refractivity contribution in [2.24, 2.45) is 5.92 Å². The van der Waals surface area contributed by atoms with E-state index in [9.17, 15) is 9.18 Å². The van der Waals surface area contributed by atoms with E-state index in [4.69, 9.17) is 4.42 Å². The van der Waals surface area contributed by atoms with Crippen molar-refractivity contribution in [3.05, 3.63) is 42.2 Å². The molecule has 126 valence electrons. The highest BCUT2D eigenvalue weighted by Crippen LogP contribution is 2.32. The van der Waals surface area contributed by atoms with Crippen LogP contribution in [0.5, 0.6) is 0 Å². The van der Waals surface area contributed by atoms with Crippen molar-refractivity contribution < 1.29 is 13.6 Å². The molecule has 3 fully saturated rings. The zero-order chi connectivity index (χ0) is 16.7. The largest absolute Gasteiger partial charge is 0.432 e. The summed E-state index contributed by atoms with van der Waals surface area (Å²) in [5, 5.41) is 3.05. The summed E-state index contributed by atoms with van der Waals surface area (Å²) in [4.78, 5) is 18.9. The van der Waals surface area contributed by atoms with Crippen molar-refractivity contribution in [1.82, 2.24) is 15.2 Å². The van der Waals surface area contributed by atoms with Gasteiger partial charge in [-0.3, -0.25) is 9.69 Å². The first-order chi connectivity index (χ1) is 11.6. The standard InChI is InChI=1S/C18H20FN3O2/c1-11-7-12-5-6-22(11)10-15(12)21-17(23)18-20-9-16(24-18)13-3-2-4-14(19)8-13/h2-4,8-9,11-12,15H,5-7,10H2,1H3,(H,21,23)/t11?,12?,15-/m0/s1. The monoisotopic (exact) mass is 329 g/mol. The van der Waals surface area contributed by atoms with Gasteiger partial charge in [0.05, 0.1) is 6.20 Å². The second-order valence-corrected chi connectivity index (χ2v) is 6.75. The van der Waals surface area contributed by atoms with E-state index in [0.717, 1.165) is 25.9 Å². The topological polar surface area (TPSA) is 58.4 Å². The number of carbonyl (C=O) groups is 1. The van der Waals surface area contributed by atoms with Gasteiger partial charge in [0.25, 0.3) is 5.89 Å². The van der Waals surface area contributed by atoms with Crippen LogP contribution in [0.25, 0.3) is 11.3 Å². The highest BCUT2D eigenvalue weighted by molar-refractivity contribution is 5.90. The second kappa shape index (κ2) is 6.02. The van der Waals surface area contributed by atoms with Gasteiger partial charge in [-0.15, -0.1) is 0 Å². The third-order valence-corrected chi connectivity index (χ3v) is 5.18. The molecule has 1 amide bonds. The SMILES string of the molecule is CC1CC2CCN1C[C@@H]2NC(=O)c1ncc(-c2cccc(F)c2)o1. The van der Waals surface area contributed by atoms with Gasteiger partial charge in [-0.05, 0) is 44.4 Å². The molecule has 3 aliphatic heterocycles. The van der Waals surface area contributed by atoms with E-state index in [0.29, 0.717) is 23.3 Å². The maximum atomic E-state index is 13.3. The van der Waals surface area contributed by atoms with Crippen LogP contribution in [0.15, 0.2) is 34.9 Å². The van der Waals surface area contributed by atoms with Crippen molar-refractivity contribution in [3.8, 4) is 11.3 Å². The average Bonchev–Trinajstić information content (AvgIpc) is 3.06. The normalized spacial score (nSPS) is 28.8. The van der Waals surface area contributed by atoms with Gasteiger partial charge in [-0.2, -0.15) is 0 Å². The van der Waals surface area contributed by atoms with Crippen molar-refractivity contribution in [3.63, 3.8) is 0 Å². The zero-order valence-corrected chi connectivity index (χ0v) is 13.5. The van der Waals surface area contributed by atoms with Gasteiger partial charge in [0.2, 0.25) is 0 Å². The fraction of sp³-hybridized carbons (Fsp3) is 0.444. The number of hydrogen-bond donors (Lipinski definition) is 1. The molecule has 1 aromatic carbocycles. The predicted molar refractivity (Wildman–Crippen MR) is 86.9 cm³/mol. The summed E-state index contributed by atoms with van der Waals surface area (Å²) >= 11 is 0. The Bertz CT molecular complexity index is 760. The van der Waals surface area contributed by atoms with Gasteiger partial charge in [0, 0.05) is 24.2 Å². The number of aromatic nitrogens is 1. The third kappa shape index (κ3) is 2.82. The van der Waals surface area contributed by atoms with Crippen LogP contribution in [0.3, 0.4) is 0 Å². The Hall–Kier alpha value is -2.21. The molecule has 2 bridgehead atoms. The molecule has 6 heteroatoms. The van der Waals surface area contributed by atoms with Crippen molar-refractivity contribution >= 4 is 5.91 Å². The Morgan fingerprint density at radius 3 is 3.04 bits per heavy atom. The molecular formula is C18H20FN3O2. The van der Waals surface area contributed by atoms with E-state index >= 15 is 0 Å². The molecule has 0 saturated carbocycles. The van der Waals surface area contributed by atoms with Gasteiger partial charge in [-0.1, -0.05) is 12.1 Å². The molecule has 3 saturated heterocycles. The molecule has 1 N–H and O–H groups in total. The minimum Gasteiger partial charge on any atom is -0.432 e. The Labute approximate surface area is 139 Å². The first kappa shape index (κ1) is 15.3. The molecule has 1 aromatic heterocycles. The number of nitrogens with one attached hydrogen (secondary N) is 1. The number of amides is 1. The van der Waals surface area contributed by atoms with Crippen LogP contribution in [0, 0.1) is 11.7 Å². The van der Waals surface area contributed by atoms with Crippen LogP contribution in [0.2, 0.25) is 0 Å². The summed E-state index contributed by atoms with van der Waals surface area (Å²) in [5.41, 5.74) is 0.568. The zero-order valence-electron chi connectivity index (χ0n) is 13.5. The highest BCUT2D eigenvalue weighted by Gasteiger charge is 2.39. The van der Waals surface area contributed by atoms with Gasteiger partial charge in [0.15, 0.2) is 5.76 Å². The molecule has 4 atom stereocenters. The Morgan fingerprint density at radius 1 is 1.46 bits per heavy atom. The fourth-order valence-electron chi connectivity index (χ4n) is 3.84. The number of nitrogens with zero attached hydrogens (tertiary/aromatic N) is 2. The first-order valence-corrected chi connectivity index (χ1v) is 8.37. The fourth-order valence-corrected chi connectivity index (χ4v) is 3.84. The van der Waals surface area contributed by atoms with Crippen LogP contribution in [-0.2, 0) is 0 Å².